The van der Waals surface area contributed by atoms with Crippen LogP contribution in [0, 0.1) is 0 Å². The van der Waals surface area contributed by atoms with Crippen LogP contribution < -0.4 is 19.7 Å². The van der Waals surface area contributed by atoms with Gasteiger partial charge >= 0.3 is 6.03 Å². The molecule has 3 aromatic carbocycles. The molecule has 0 aliphatic carbocycles. The predicted octanol–water partition coefficient (Wildman–Crippen LogP) is 3.63. The van der Waals surface area contributed by atoms with Crippen molar-refractivity contribution in [1.82, 2.24) is 10.2 Å². The monoisotopic (exact) mass is 471 g/mol. The average molecular weight is 472 g/mol. The number of ether oxygens (including phenoxy) is 2. The molecule has 1 saturated heterocycles. The zero-order valence-electron chi connectivity index (χ0n) is 19.4. The van der Waals surface area contributed by atoms with Gasteiger partial charge in [0.05, 0.1) is 18.8 Å². The Morgan fingerprint density at radius 1 is 1.03 bits per heavy atom. The third kappa shape index (κ3) is 3.86. The van der Waals surface area contributed by atoms with Crippen molar-refractivity contribution in [3.05, 3.63) is 90.0 Å². The normalized spacial score (nSPS) is 21.3. The third-order valence-corrected chi connectivity index (χ3v) is 6.52. The second-order valence-corrected chi connectivity index (χ2v) is 8.64. The zero-order valence-corrected chi connectivity index (χ0v) is 19.4. The molecule has 8 heteroatoms. The number of para-hydroxylation sites is 2. The van der Waals surface area contributed by atoms with Crippen LogP contribution in [0.15, 0.2) is 78.9 Å². The van der Waals surface area contributed by atoms with Gasteiger partial charge in [-0.1, -0.05) is 54.6 Å². The fourth-order valence-electron chi connectivity index (χ4n) is 4.59. The molecule has 178 valence electrons. The topological polar surface area (TPSA) is 88.2 Å². The van der Waals surface area contributed by atoms with Crippen molar-refractivity contribution in [1.29, 1.82) is 0 Å². The van der Waals surface area contributed by atoms with Crippen molar-refractivity contribution >= 4 is 23.5 Å². The largest absolute Gasteiger partial charge is 0.497 e. The van der Waals surface area contributed by atoms with Crippen LogP contribution in [0.5, 0.6) is 11.5 Å². The number of methoxy groups -OCH3 is 1. The number of rotatable bonds is 5. The molecule has 0 spiro atoms. The summed E-state index contributed by atoms with van der Waals surface area (Å²) in [6, 6.07) is 22.7. The van der Waals surface area contributed by atoms with E-state index < -0.39 is 30.1 Å². The molecule has 5 rings (SSSR count). The van der Waals surface area contributed by atoms with Gasteiger partial charge in [-0.05, 0) is 42.3 Å². The summed E-state index contributed by atoms with van der Waals surface area (Å²) in [5.41, 5.74) is 0.814. The summed E-state index contributed by atoms with van der Waals surface area (Å²) < 4.78 is 11.1. The van der Waals surface area contributed by atoms with Crippen LogP contribution in [0.1, 0.15) is 24.1 Å². The number of benzene rings is 3. The van der Waals surface area contributed by atoms with Crippen molar-refractivity contribution in [2.24, 2.45) is 0 Å². The smallest absolute Gasteiger partial charge is 0.325 e. The minimum atomic E-state index is -1.29. The second kappa shape index (κ2) is 8.79. The summed E-state index contributed by atoms with van der Waals surface area (Å²) >= 11 is 0. The van der Waals surface area contributed by atoms with Crippen LogP contribution in [-0.2, 0) is 15.1 Å². The number of hydrogen-bond acceptors (Lipinski definition) is 5. The Morgan fingerprint density at radius 3 is 2.43 bits per heavy atom. The molecular formula is C27H25N3O5. The summed E-state index contributed by atoms with van der Waals surface area (Å²) in [7, 11) is 1.55. The first-order valence-electron chi connectivity index (χ1n) is 11.3. The predicted molar refractivity (Wildman–Crippen MR) is 129 cm³/mol. The van der Waals surface area contributed by atoms with Gasteiger partial charge in [0, 0.05) is 0 Å². The summed E-state index contributed by atoms with van der Waals surface area (Å²) in [6.45, 7) is 1.50. The molecule has 2 atom stereocenters. The van der Waals surface area contributed by atoms with Crippen molar-refractivity contribution in [2.75, 3.05) is 25.2 Å². The SMILES string of the molecule is COc1ccc(C2(C)NC(=O)N(CC(=O)N3c4ccccc4OCC3c3ccccc3)C2=O)cc1. The number of carbonyl (C=O) groups excluding carboxylic acids is 3. The van der Waals surface area contributed by atoms with E-state index in [0.717, 1.165) is 10.5 Å². The molecule has 0 aromatic heterocycles. The molecule has 2 heterocycles. The number of imide groups is 1. The van der Waals surface area contributed by atoms with Crippen molar-refractivity contribution < 1.29 is 23.9 Å². The molecule has 0 bridgehead atoms. The summed E-state index contributed by atoms with van der Waals surface area (Å²) in [5.74, 6) is 0.350. The molecule has 2 unspecified atom stereocenters. The van der Waals surface area contributed by atoms with Crippen molar-refractivity contribution in [3.63, 3.8) is 0 Å². The lowest BCUT2D eigenvalue weighted by atomic mass is 9.92. The first-order valence-corrected chi connectivity index (χ1v) is 11.3. The Balaban J connectivity index is 1.44. The number of fused-ring (bicyclic) bond motifs is 1. The highest BCUT2D eigenvalue weighted by Gasteiger charge is 2.50. The molecule has 2 aliphatic rings. The van der Waals surface area contributed by atoms with Crippen molar-refractivity contribution in [2.45, 2.75) is 18.5 Å². The molecule has 0 saturated carbocycles. The first-order chi connectivity index (χ1) is 16.9. The Labute approximate surface area is 203 Å². The van der Waals surface area contributed by atoms with Gasteiger partial charge in [-0.3, -0.25) is 19.4 Å². The number of hydrogen-bond donors (Lipinski definition) is 1. The maximum absolute atomic E-state index is 13.7. The van der Waals surface area contributed by atoms with Crippen molar-refractivity contribution in [3.8, 4) is 11.5 Å². The summed E-state index contributed by atoms with van der Waals surface area (Å²) in [4.78, 5) is 42.6. The number of nitrogens with zero attached hydrogens (tertiary/aromatic N) is 2. The number of urea groups is 1. The standard InChI is InChI=1S/C27H25N3O5/c1-27(19-12-14-20(34-2)15-13-19)25(32)29(26(33)28-27)16-24(31)30-21-10-6-7-11-23(21)35-17-22(30)18-8-4-3-5-9-18/h3-15,22H,16-17H2,1-2H3,(H,28,33). The Hall–Kier alpha value is -4.33. The van der Waals surface area contributed by atoms with E-state index in [2.05, 4.69) is 5.32 Å². The van der Waals surface area contributed by atoms with Crippen LogP contribution in [0.25, 0.3) is 0 Å². The summed E-state index contributed by atoms with van der Waals surface area (Å²) in [5, 5.41) is 2.76. The molecule has 1 fully saturated rings. The number of anilines is 1. The lowest BCUT2D eigenvalue weighted by Gasteiger charge is -2.37. The van der Waals surface area contributed by atoms with Gasteiger partial charge in [0.15, 0.2) is 0 Å². The van der Waals surface area contributed by atoms with Gasteiger partial charge in [-0.2, -0.15) is 0 Å². The lowest BCUT2D eigenvalue weighted by Crippen LogP contribution is -2.48. The Bertz CT molecular complexity index is 1280. The molecule has 1 N–H and O–H groups in total. The minimum Gasteiger partial charge on any atom is -0.497 e. The molecule has 8 nitrogen and oxygen atoms in total. The minimum absolute atomic E-state index is 0.260. The fraction of sp³-hybridized carbons (Fsp3) is 0.222. The van der Waals surface area contributed by atoms with E-state index in [1.165, 1.54) is 0 Å². The third-order valence-electron chi connectivity index (χ3n) is 6.52. The average Bonchev–Trinajstić information content (AvgIpc) is 3.12. The van der Waals surface area contributed by atoms with E-state index in [1.807, 2.05) is 42.5 Å². The maximum Gasteiger partial charge on any atom is 0.325 e. The van der Waals surface area contributed by atoms with Crippen LogP contribution in [0.4, 0.5) is 10.5 Å². The number of amides is 4. The first kappa shape index (κ1) is 22.5. The van der Waals surface area contributed by atoms with Crippen LogP contribution in [0.3, 0.4) is 0 Å². The quantitative estimate of drug-likeness (QED) is 0.574. The number of nitrogens with one attached hydrogen (secondary N) is 1. The Morgan fingerprint density at radius 2 is 1.71 bits per heavy atom. The second-order valence-electron chi connectivity index (χ2n) is 8.64. The van der Waals surface area contributed by atoms with Gasteiger partial charge in [0.2, 0.25) is 5.91 Å². The maximum atomic E-state index is 13.7. The molecule has 3 aromatic rings. The molecule has 2 aliphatic heterocycles. The number of carbonyl (C=O) groups is 3. The van der Waals surface area contributed by atoms with E-state index in [-0.39, 0.29) is 12.5 Å². The zero-order chi connectivity index (χ0) is 24.6. The Kier molecular flexibility index (Phi) is 5.64. The van der Waals surface area contributed by atoms with Gasteiger partial charge in [-0.25, -0.2) is 4.79 Å². The molecule has 35 heavy (non-hydrogen) atoms. The molecule has 4 amide bonds. The van der Waals surface area contributed by atoms with E-state index >= 15 is 0 Å². The van der Waals surface area contributed by atoms with Crippen LogP contribution in [0.2, 0.25) is 0 Å². The van der Waals surface area contributed by atoms with E-state index in [4.69, 9.17) is 9.47 Å². The van der Waals surface area contributed by atoms with Gasteiger partial charge < -0.3 is 14.8 Å². The fourth-order valence-corrected chi connectivity index (χ4v) is 4.59. The highest BCUT2D eigenvalue weighted by atomic mass is 16.5. The summed E-state index contributed by atoms with van der Waals surface area (Å²) in [6.07, 6.45) is 0. The van der Waals surface area contributed by atoms with E-state index in [0.29, 0.717) is 22.7 Å². The highest BCUT2D eigenvalue weighted by molar-refractivity contribution is 6.11. The van der Waals surface area contributed by atoms with Crippen LogP contribution in [-0.4, -0.2) is 43.0 Å². The van der Waals surface area contributed by atoms with Gasteiger partial charge in [0.25, 0.3) is 5.91 Å². The molecular weight excluding hydrogens is 446 g/mol. The van der Waals surface area contributed by atoms with E-state index in [9.17, 15) is 14.4 Å². The molecule has 0 radical (unpaired) electrons. The lowest BCUT2D eigenvalue weighted by molar-refractivity contribution is -0.134. The van der Waals surface area contributed by atoms with Crippen LogP contribution >= 0.6 is 0 Å². The van der Waals surface area contributed by atoms with Gasteiger partial charge in [0.1, 0.15) is 30.2 Å². The van der Waals surface area contributed by atoms with Gasteiger partial charge in [-0.15, -0.1) is 0 Å². The van der Waals surface area contributed by atoms with E-state index in [1.54, 1.807) is 55.3 Å². The highest BCUT2D eigenvalue weighted by Crippen LogP contribution is 2.39.